The van der Waals surface area contributed by atoms with Crippen molar-refractivity contribution in [2.24, 2.45) is 0 Å². The number of nitro benzene ring substituents is 1. The van der Waals surface area contributed by atoms with Crippen LogP contribution in [0.15, 0.2) is 48.0 Å². The fourth-order valence-corrected chi connectivity index (χ4v) is 2.35. The third-order valence-electron chi connectivity index (χ3n) is 3.63. The third-order valence-corrected chi connectivity index (χ3v) is 3.63. The first kappa shape index (κ1) is 20.1. The molecule has 0 aromatic heterocycles. The molecule has 2 aromatic rings. The van der Waals surface area contributed by atoms with Gasteiger partial charge in [0.15, 0.2) is 0 Å². The first-order chi connectivity index (χ1) is 13.3. The smallest absolute Gasteiger partial charge is 0.292 e. The van der Waals surface area contributed by atoms with Crippen molar-refractivity contribution >= 4 is 40.6 Å². The zero-order valence-corrected chi connectivity index (χ0v) is 15.1. The average Bonchev–Trinajstić information content (AvgIpc) is 2.66. The van der Waals surface area contributed by atoms with Gasteiger partial charge in [0.2, 0.25) is 5.91 Å². The lowest BCUT2D eigenvalue weighted by atomic mass is 10.1. The van der Waals surface area contributed by atoms with Crippen molar-refractivity contribution in [1.82, 2.24) is 0 Å². The number of rotatable bonds is 6. The van der Waals surface area contributed by atoms with Crippen LogP contribution in [0.5, 0.6) is 0 Å². The van der Waals surface area contributed by atoms with E-state index in [-0.39, 0.29) is 17.2 Å². The van der Waals surface area contributed by atoms with Gasteiger partial charge in [-0.05, 0) is 42.0 Å². The largest absolute Gasteiger partial charge is 0.383 e. The summed E-state index contributed by atoms with van der Waals surface area (Å²) in [5, 5.41) is 28.3. The number of nitro groups is 1. The number of hydrogen-bond acceptors (Lipinski definition) is 6. The molecule has 0 aliphatic rings. The van der Waals surface area contributed by atoms with Crippen molar-refractivity contribution in [2.75, 3.05) is 23.0 Å². The van der Waals surface area contributed by atoms with Gasteiger partial charge in [-0.1, -0.05) is 6.07 Å². The van der Waals surface area contributed by atoms with E-state index in [1.54, 1.807) is 43.4 Å². The van der Waals surface area contributed by atoms with E-state index in [9.17, 15) is 25.0 Å². The lowest BCUT2D eigenvalue weighted by molar-refractivity contribution is -0.384. The summed E-state index contributed by atoms with van der Waals surface area (Å²) in [5.41, 5.74) is 1.29. The Labute approximate surface area is 160 Å². The van der Waals surface area contributed by atoms with Gasteiger partial charge in [-0.2, -0.15) is 5.26 Å². The predicted octanol–water partition coefficient (Wildman–Crippen LogP) is 3.14. The Kier molecular flexibility index (Phi) is 6.44. The number of carbonyl (C=O) groups is 2. The van der Waals surface area contributed by atoms with Crippen LogP contribution in [0.3, 0.4) is 0 Å². The predicted molar refractivity (Wildman–Crippen MR) is 106 cm³/mol. The molecule has 142 valence electrons. The summed E-state index contributed by atoms with van der Waals surface area (Å²) >= 11 is 0. The number of anilines is 3. The second-order valence-corrected chi connectivity index (χ2v) is 5.67. The molecule has 9 heteroatoms. The monoisotopic (exact) mass is 379 g/mol. The van der Waals surface area contributed by atoms with Crippen LogP contribution in [-0.2, 0) is 9.59 Å². The molecule has 28 heavy (non-hydrogen) atoms. The number of hydrogen-bond donors (Lipinski definition) is 3. The zero-order valence-electron chi connectivity index (χ0n) is 15.1. The minimum absolute atomic E-state index is 0.164. The lowest BCUT2D eigenvalue weighted by Gasteiger charge is -2.07. The highest BCUT2D eigenvalue weighted by Crippen LogP contribution is 2.26. The minimum Gasteiger partial charge on any atom is -0.383 e. The zero-order chi connectivity index (χ0) is 20.7. The van der Waals surface area contributed by atoms with Gasteiger partial charge in [-0.3, -0.25) is 19.7 Å². The van der Waals surface area contributed by atoms with E-state index >= 15 is 0 Å². The molecule has 0 fully saturated rings. The summed E-state index contributed by atoms with van der Waals surface area (Å²) in [6.07, 6.45) is 1.27. The number of nitrogens with zero attached hydrogens (tertiary/aromatic N) is 2. The Bertz CT molecular complexity index is 990. The van der Waals surface area contributed by atoms with Crippen LogP contribution in [0.25, 0.3) is 6.08 Å². The normalized spacial score (nSPS) is 10.5. The first-order valence-corrected chi connectivity index (χ1v) is 8.11. The molecule has 0 atom stereocenters. The Morgan fingerprint density at radius 1 is 1.11 bits per heavy atom. The molecule has 0 heterocycles. The summed E-state index contributed by atoms with van der Waals surface area (Å²) in [6.45, 7) is 1.38. The summed E-state index contributed by atoms with van der Waals surface area (Å²) in [7, 11) is 1.56. The Morgan fingerprint density at radius 3 is 2.21 bits per heavy atom. The lowest BCUT2D eigenvalue weighted by Crippen LogP contribution is -2.13. The Morgan fingerprint density at radius 2 is 1.71 bits per heavy atom. The number of benzene rings is 2. The van der Waals surface area contributed by atoms with Gasteiger partial charge in [0.25, 0.3) is 11.6 Å². The van der Waals surface area contributed by atoms with Gasteiger partial charge in [-0.25, -0.2) is 0 Å². The number of nitriles is 1. The second kappa shape index (κ2) is 8.95. The number of carbonyl (C=O) groups excluding carboxylic acids is 2. The summed E-state index contributed by atoms with van der Waals surface area (Å²) in [6, 6.07) is 12.5. The molecule has 0 unspecified atom stereocenters. The van der Waals surface area contributed by atoms with Crippen molar-refractivity contribution in [3.05, 3.63) is 63.7 Å². The number of nitrogens with one attached hydrogen (secondary N) is 3. The van der Waals surface area contributed by atoms with E-state index in [1.807, 2.05) is 0 Å². The molecule has 0 spiro atoms. The van der Waals surface area contributed by atoms with Crippen LogP contribution in [0.2, 0.25) is 0 Å². The van der Waals surface area contributed by atoms with E-state index in [1.165, 1.54) is 25.1 Å². The highest BCUT2D eigenvalue weighted by molar-refractivity contribution is 6.09. The molecule has 3 N–H and O–H groups in total. The molecule has 0 saturated heterocycles. The van der Waals surface area contributed by atoms with Crippen molar-refractivity contribution in [1.29, 1.82) is 5.26 Å². The first-order valence-electron chi connectivity index (χ1n) is 8.11. The van der Waals surface area contributed by atoms with E-state index in [0.29, 0.717) is 22.6 Å². The standard InChI is InChI=1S/C19H17N5O4/c1-12(25)22-15-4-6-16(7-5-15)23-19(26)14(11-20)9-13-3-8-17(21-2)18(10-13)24(27)28/h3-10,21H,1-2H3,(H,22,25)(H,23,26)/b14-9+. The molecular formula is C19H17N5O4. The van der Waals surface area contributed by atoms with E-state index in [4.69, 9.17) is 0 Å². The summed E-state index contributed by atoms with van der Waals surface area (Å²) < 4.78 is 0. The summed E-state index contributed by atoms with van der Waals surface area (Å²) in [5.74, 6) is -0.875. The highest BCUT2D eigenvalue weighted by Gasteiger charge is 2.15. The van der Waals surface area contributed by atoms with Crippen LogP contribution >= 0.6 is 0 Å². The highest BCUT2D eigenvalue weighted by atomic mass is 16.6. The second-order valence-electron chi connectivity index (χ2n) is 5.67. The van der Waals surface area contributed by atoms with Crippen molar-refractivity contribution < 1.29 is 14.5 Å². The topological polar surface area (TPSA) is 137 Å². The van der Waals surface area contributed by atoms with Crippen LogP contribution in [0.4, 0.5) is 22.7 Å². The van der Waals surface area contributed by atoms with Gasteiger partial charge in [0.05, 0.1) is 4.92 Å². The molecule has 0 saturated carbocycles. The van der Waals surface area contributed by atoms with Crippen molar-refractivity contribution in [3.8, 4) is 6.07 Å². The fraction of sp³-hybridized carbons (Fsp3) is 0.105. The van der Waals surface area contributed by atoms with Gasteiger partial charge in [0.1, 0.15) is 17.3 Å². The molecule has 2 rings (SSSR count). The molecule has 2 aromatic carbocycles. The van der Waals surface area contributed by atoms with Gasteiger partial charge >= 0.3 is 0 Å². The van der Waals surface area contributed by atoms with Gasteiger partial charge in [-0.15, -0.1) is 0 Å². The van der Waals surface area contributed by atoms with E-state index < -0.39 is 10.8 Å². The average molecular weight is 379 g/mol. The quantitative estimate of drug-likeness (QED) is 0.305. The molecular weight excluding hydrogens is 362 g/mol. The number of amides is 2. The molecule has 2 amide bonds. The van der Waals surface area contributed by atoms with Crippen molar-refractivity contribution in [2.45, 2.75) is 6.92 Å². The van der Waals surface area contributed by atoms with Crippen molar-refractivity contribution in [3.63, 3.8) is 0 Å². The minimum atomic E-state index is -0.657. The van der Waals surface area contributed by atoms with Crippen LogP contribution in [-0.4, -0.2) is 23.8 Å². The van der Waals surface area contributed by atoms with Gasteiger partial charge in [0, 0.05) is 31.4 Å². The van der Waals surface area contributed by atoms with Crippen LogP contribution in [0.1, 0.15) is 12.5 Å². The maximum absolute atomic E-state index is 12.3. The molecule has 0 bridgehead atoms. The molecule has 0 aliphatic carbocycles. The summed E-state index contributed by atoms with van der Waals surface area (Å²) in [4.78, 5) is 33.9. The SMILES string of the molecule is CNc1ccc(/C=C(\C#N)C(=O)Nc2ccc(NC(C)=O)cc2)cc1[N+](=O)[O-]. The molecule has 9 nitrogen and oxygen atoms in total. The Hall–Kier alpha value is -4.19. The van der Waals surface area contributed by atoms with E-state index in [0.717, 1.165) is 0 Å². The fourth-order valence-electron chi connectivity index (χ4n) is 2.35. The third kappa shape index (κ3) is 5.15. The Balaban J connectivity index is 2.21. The maximum Gasteiger partial charge on any atom is 0.292 e. The molecule has 0 radical (unpaired) electrons. The van der Waals surface area contributed by atoms with E-state index in [2.05, 4.69) is 16.0 Å². The molecule has 0 aliphatic heterocycles. The van der Waals surface area contributed by atoms with Gasteiger partial charge < -0.3 is 16.0 Å². The van der Waals surface area contributed by atoms with Crippen LogP contribution < -0.4 is 16.0 Å². The maximum atomic E-state index is 12.3. The van der Waals surface area contributed by atoms with Crippen LogP contribution in [0, 0.1) is 21.4 Å².